The van der Waals surface area contributed by atoms with E-state index in [1.807, 2.05) is 0 Å². The zero-order chi connectivity index (χ0) is 12.8. The molecule has 1 aliphatic heterocycles. The molecule has 0 aromatic heterocycles. The van der Waals surface area contributed by atoms with Gasteiger partial charge in [0.2, 0.25) is 0 Å². The van der Waals surface area contributed by atoms with Crippen LogP contribution in [-0.4, -0.2) is 31.0 Å². The summed E-state index contributed by atoms with van der Waals surface area (Å²) in [6.45, 7) is 1.15. The lowest BCUT2D eigenvalue weighted by Crippen LogP contribution is -2.18. The van der Waals surface area contributed by atoms with E-state index in [9.17, 15) is 9.18 Å². The van der Waals surface area contributed by atoms with E-state index in [0.717, 1.165) is 6.42 Å². The van der Waals surface area contributed by atoms with Gasteiger partial charge in [0.25, 0.3) is 0 Å². The summed E-state index contributed by atoms with van der Waals surface area (Å²) in [5, 5.41) is 0. The first-order chi connectivity index (χ1) is 8.75. The summed E-state index contributed by atoms with van der Waals surface area (Å²) in [5.74, 6) is 0.0299. The fourth-order valence-electron chi connectivity index (χ4n) is 1.66. The van der Waals surface area contributed by atoms with E-state index >= 15 is 0 Å². The van der Waals surface area contributed by atoms with Crippen LogP contribution in [0.3, 0.4) is 0 Å². The second-order valence-electron chi connectivity index (χ2n) is 4.00. The van der Waals surface area contributed by atoms with Gasteiger partial charge < -0.3 is 9.47 Å². The first-order valence-electron chi connectivity index (χ1n) is 5.90. The Kier molecular flexibility index (Phi) is 5.01. The highest BCUT2D eigenvalue weighted by Crippen LogP contribution is 2.22. The zero-order valence-electron chi connectivity index (χ0n) is 9.93. The molecule has 2 rings (SSSR count). The van der Waals surface area contributed by atoms with Crippen molar-refractivity contribution in [2.75, 3.05) is 19.0 Å². The first-order valence-corrected chi connectivity index (χ1v) is 6.89. The minimum absolute atomic E-state index is 0.101. The van der Waals surface area contributed by atoms with Crippen molar-refractivity contribution in [2.24, 2.45) is 0 Å². The van der Waals surface area contributed by atoms with E-state index in [1.165, 1.54) is 17.8 Å². The smallest absolute Gasteiger partial charge is 0.306 e. The number of carbonyl (C=O) groups is 1. The van der Waals surface area contributed by atoms with Gasteiger partial charge in [-0.05, 0) is 12.1 Å². The Morgan fingerprint density at radius 2 is 2.33 bits per heavy atom. The highest BCUT2D eigenvalue weighted by molar-refractivity contribution is 7.99. The fourth-order valence-corrected chi connectivity index (χ4v) is 2.53. The summed E-state index contributed by atoms with van der Waals surface area (Å²) < 4.78 is 23.6. The van der Waals surface area contributed by atoms with E-state index < -0.39 is 0 Å². The van der Waals surface area contributed by atoms with Gasteiger partial charge in [0.05, 0.1) is 19.6 Å². The van der Waals surface area contributed by atoms with Crippen LogP contribution in [0.5, 0.6) is 0 Å². The number of halogens is 1. The van der Waals surface area contributed by atoms with E-state index in [2.05, 4.69) is 0 Å². The lowest BCUT2D eigenvalue weighted by Gasteiger charge is -2.09. The molecule has 5 heteroatoms. The van der Waals surface area contributed by atoms with Crippen molar-refractivity contribution in [3.63, 3.8) is 0 Å². The second-order valence-corrected chi connectivity index (χ2v) is 5.14. The van der Waals surface area contributed by atoms with Crippen LogP contribution < -0.4 is 0 Å². The zero-order valence-corrected chi connectivity index (χ0v) is 10.7. The molecule has 0 spiro atoms. The molecule has 0 radical (unpaired) electrons. The van der Waals surface area contributed by atoms with Crippen LogP contribution in [-0.2, 0) is 14.3 Å². The van der Waals surface area contributed by atoms with Crippen LogP contribution in [0.25, 0.3) is 0 Å². The number of carbonyl (C=O) groups excluding carboxylic acids is 1. The Bertz CT molecular complexity index is 405. The van der Waals surface area contributed by atoms with Gasteiger partial charge in [-0.3, -0.25) is 4.79 Å². The van der Waals surface area contributed by atoms with Gasteiger partial charge in [-0.15, -0.1) is 11.8 Å². The predicted molar refractivity (Wildman–Crippen MR) is 67.1 cm³/mol. The molecule has 1 aromatic rings. The predicted octanol–water partition coefficient (Wildman–Crippen LogP) is 2.64. The van der Waals surface area contributed by atoms with Crippen LogP contribution in [0.15, 0.2) is 29.2 Å². The van der Waals surface area contributed by atoms with E-state index in [1.54, 1.807) is 18.2 Å². The van der Waals surface area contributed by atoms with E-state index in [-0.39, 0.29) is 24.3 Å². The van der Waals surface area contributed by atoms with E-state index in [0.29, 0.717) is 23.9 Å². The van der Waals surface area contributed by atoms with Gasteiger partial charge >= 0.3 is 5.97 Å². The van der Waals surface area contributed by atoms with Crippen molar-refractivity contribution in [2.45, 2.75) is 23.8 Å². The third kappa shape index (κ3) is 3.99. The summed E-state index contributed by atoms with van der Waals surface area (Å²) in [4.78, 5) is 12.1. The lowest BCUT2D eigenvalue weighted by atomic mass is 10.3. The van der Waals surface area contributed by atoms with Gasteiger partial charge in [-0.2, -0.15) is 0 Å². The maximum Gasteiger partial charge on any atom is 0.306 e. The quantitative estimate of drug-likeness (QED) is 0.608. The topological polar surface area (TPSA) is 35.5 Å². The number of ether oxygens (including phenoxy) is 2. The molecule has 0 unspecified atom stereocenters. The molecular formula is C13H15FO3S. The monoisotopic (exact) mass is 270 g/mol. The summed E-state index contributed by atoms with van der Waals surface area (Å²) in [7, 11) is 0. The molecule has 98 valence electrons. The van der Waals surface area contributed by atoms with Crippen molar-refractivity contribution in [3.8, 4) is 0 Å². The number of esters is 1. The molecular weight excluding hydrogens is 255 g/mol. The number of rotatable bonds is 5. The van der Waals surface area contributed by atoms with Crippen molar-refractivity contribution >= 4 is 17.7 Å². The fraction of sp³-hybridized carbons (Fsp3) is 0.462. The third-order valence-corrected chi connectivity index (χ3v) is 3.64. The van der Waals surface area contributed by atoms with Gasteiger partial charge in [0, 0.05) is 17.1 Å². The van der Waals surface area contributed by atoms with Gasteiger partial charge in [-0.25, -0.2) is 4.39 Å². The molecule has 0 bridgehead atoms. The third-order valence-electron chi connectivity index (χ3n) is 2.59. The summed E-state index contributed by atoms with van der Waals surface area (Å²) in [6.07, 6.45) is 0.956. The molecule has 0 saturated carbocycles. The maximum atomic E-state index is 13.3. The Morgan fingerprint density at radius 3 is 3.06 bits per heavy atom. The summed E-state index contributed by atoms with van der Waals surface area (Å²) in [6, 6.07) is 6.54. The van der Waals surface area contributed by atoms with Gasteiger partial charge in [0.1, 0.15) is 11.9 Å². The first kappa shape index (κ1) is 13.4. The summed E-state index contributed by atoms with van der Waals surface area (Å²) >= 11 is 1.33. The Morgan fingerprint density at radius 1 is 1.50 bits per heavy atom. The van der Waals surface area contributed by atoms with Crippen molar-refractivity contribution < 1.29 is 18.7 Å². The minimum atomic E-state index is -0.250. The maximum absolute atomic E-state index is 13.3. The average Bonchev–Trinajstić information content (AvgIpc) is 2.84. The number of benzene rings is 1. The highest BCUT2D eigenvalue weighted by atomic mass is 32.2. The van der Waals surface area contributed by atoms with Crippen molar-refractivity contribution in [1.29, 1.82) is 0 Å². The van der Waals surface area contributed by atoms with Crippen LogP contribution >= 0.6 is 11.8 Å². The molecule has 0 amide bonds. The second kappa shape index (κ2) is 6.75. The SMILES string of the molecule is O=C(CCSc1ccccc1F)O[C@@H]1CCOC1. The molecule has 1 aliphatic rings. The Hall–Kier alpha value is -1.07. The molecule has 3 nitrogen and oxygen atoms in total. The van der Waals surface area contributed by atoms with Crippen LogP contribution in [0.2, 0.25) is 0 Å². The largest absolute Gasteiger partial charge is 0.460 e. The number of hydrogen-bond donors (Lipinski definition) is 0. The Balaban J connectivity index is 1.68. The summed E-state index contributed by atoms with van der Waals surface area (Å²) in [5.41, 5.74) is 0. The molecule has 0 aliphatic carbocycles. The number of thioether (sulfide) groups is 1. The molecule has 0 N–H and O–H groups in total. The van der Waals surface area contributed by atoms with Gasteiger partial charge in [0.15, 0.2) is 0 Å². The average molecular weight is 270 g/mol. The molecule has 1 saturated heterocycles. The molecule has 1 fully saturated rings. The molecule has 18 heavy (non-hydrogen) atoms. The standard InChI is InChI=1S/C13H15FO3S/c14-11-3-1-2-4-12(11)18-8-6-13(15)17-10-5-7-16-9-10/h1-4,10H,5-9H2/t10-/m1/s1. The molecule has 1 heterocycles. The Labute approximate surface area is 110 Å². The normalized spacial score (nSPS) is 18.8. The van der Waals surface area contributed by atoms with Crippen LogP contribution in [0, 0.1) is 5.82 Å². The van der Waals surface area contributed by atoms with Crippen molar-refractivity contribution in [1.82, 2.24) is 0 Å². The van der Waals surface area contributed by atoms with Crippen LogP contribution in [0.1, 0.15) is 12.8 Å². The van der Waals surface area contributed by atoms with Gasteiger partial charge in [-0.1, -0.05) is 12.1 Å². The van der Waals surface area contributed by atoms with E-state index in [4.69, 9.17) is 9.47 Å². The highest BCUT2D eigenvalue weighted by Gasteiger charge is 2.19. The minimum Gasteiger partial charge on any atom is -0.460 e. The van der Waals surface area contributed by atoms with Crippen molar-refractivity contribution in [3.05, 3.63) is 30.1 Å². The number of hydrogen-bond acceptors (Lipinski definition) is 4. The lowest BCUT2D eigenvalue weighted by molar-refractivity contribution is -0.148. The molecule has 1 aromatic carbocycles. The van der Waals surface area contributed by atoms with Crippen LogP contribution in [0.4, 0.5) is 4.39 Å². The molecule has 1 atom stereocenters.